The molecule has 11 heteroatoms. The van der Waals surface area contributed by atoms with Crippen molar-refractivity contribution in [3.63, 3.8) is 0 Å². The van der Waals surface area contributed by atoms with E-state index in [1.165, 1.54) is 20.7 Å². The fourth-order valence-electron chi connectivity index (χ4n) is 3.32. The molecule has 172 valence electrons. The highest BCUT2D eigenvalue weighted by molar-refractivity contribution is 7.98. The number of nitrogens with two attached hydrogens (primary N) is 1. The maximum Gasteiger partial charge on any atom is 0.243 e. The van der Waals surface area contributed by atoms with Crippen molar-refractivity contribution in [3.8, 4) is 22.7 Å². The SMILES string of the molecule is CCN(CC)S(=O)(=O)c1cccc(-c2nnc(SCc3ncc(-c4ccccc4)o3)n2N)c1. The molecule has 0 aliphatic carbocycles. The standard InChI is InChI=1S/C22H24N6O3S2/c1-3-27(4-2)33(29,30)18-12-8-11-17(13-18)21-25-26-22(28(21)23)32-15-20-24-14-19(31-20)16-9-6-5-7-10-16/h5-14H,3-4,15,23H2,1-2H3. The number of rotatable bonds is 9. The lowest BCUT2D eigenvalue weighted by molar-refractivity contribution is 0.445. The van der Waals surface area contributed by atoms with E-state index < -0.39 is 10.0 Å². The molecule has 0 bridgehead atoms. The Labute approximate surface area is 196 Å². The third-order valence-corrected chi connectivity index (χ3v) is 8.01. The molecule has 0 spiro atoms. The highest BCUT2D eigenvalue weighted by Crippen LogP contribution is 2.28. The molecular formula is C22H24N6O3S2. The Morgan fingerprint density at radius 1 is 1.03 bits per heavy atom. The quantitative estimate of drug-likeness (QED) is 0.282. The molecule has 2 aromatic heterocycles. The minimum Gasteiger partial charge on any atom is -0.440 e. The first-order valence-corrected chi connectivity index (χ1v) is 12.8. The van der Waals surface area contributed by atoms with Crippen molar-refractivity contribution in [3.05, 3.63) is 66.7 Å². The minimum atomic E-state index is -3.60. The Hall–Kier alpha value is -3.15. The molecule has 0 amide bonds. The number of benzene rings is 2. The van der Waals surface area contributed by atoms with E-state index >= 15 is 0 Å². The average molecular weight is 485 g/mol. The maximum atomic E-state index is 12.9. The minimum absolute atomic E-state index is 0.189. The van der Waals surface area contributed by atoms with E-state index in [-0.39, 0.29) is 4.90 Å². The molecule has 2 N–H and O–H groups in total. The van der Waals surface area contributed by atoms with Crippen molar-refractivity contribution in [1.29, 1.82) is 0 Å². The summed E-state index contributed by atoms with van der Waals surface area (Å²) in [5.41, 5.74) is 1.51. The number of oxazole rings is 1. The summed E-state index contributed by atoms with van der Waals surface area (Å²) in [5.74, 6) is 8.23. The van der Waals surface area contributed by atoms with Crippen LogP contribution in [0.2, 0.25) is 0 Å². The molecule has 0 fully saturated rings. The first kappa shape index (κ1) is 23.0. The van der Waals surface area contributed by atoms with Crippen LogP contribution >= 0.6 is 11.8 Å². The highest BCUT2D eigenvalue weighted by Gasteiger charge is 2.23. The van der Waals surface area contributed by atoms with E-state index in [1.54, 1.807) is 30.5 Å². The van der Waals surface area contributed by atoms with Crippen molar-refractivity contribution >= 4 is 21.8 Å². The molecule has 9 nitrogen and oxygen atoms in total. The molecule has 0 atom stereocenters. The lowest BCUT2D eigenvalue weighted by Gasteiger charge is -2.18. The average Bonchev–Trinajstić information content (AvgIpc) is 3.46. The van der Waals surface area contributed by atoms with Gasteiger partial charge in [0.05, 0.1) is 16.8 Å². The van der Waals surface area contributed by atoms with E-state index in [1.807, 2.05) is 44.2 Å². The van der Waals surface area contributed by atoms with Gasteiger partial charge >= 0.3 is 0 Å². The molecule has 0 unspecified atom stereocenters. The van der Waals surface area contributed by atoms with Gasteiger partial charge in [0.25, 0.3) is 0 Å². The molecule has 33 heavy (non-hydrogen) atoms. The fourth-order valence-corrected chi connectivity index (χ4v) is 5.53. The van der Waals surface area contributed by atoms with E-state index in [0.29, 0.717) is 47.0 Å². The zero-order valence-electron chi connectivity index (χ0n) is 18.2. The molecule has 4 aromatic rings. The molecule has 0 saturated heterocycles. The van der Waals surface area contributed by atoms with Crippen LogP contribution in [0.3, 0.4) is 0 Å². The Morgan fingerprint density at radius 2 is 1.76 bits per heavy atom. The Balaban J connectivity index is 1.51. The maximum absolute atomic E-state index is 12.9. The molecule has 2 aromatic carbocycles. The largest absolute Gasteiger partial charge is 0.440 e. The van der Waals surface area contributed by atoms with Crippen LogP contribution in [0.4, 0.5) is 0 Å². The van der Waals surface area contributed by atoms with E-state index in [0.717, 1.165) is 5.56 Å². The van der Waals surface area contributed by atoms with Gasteiger partial charge in [-0.3, -0.25) is 0 Å². The highest BCUT2D eigenvalue weighted by atomic mass is 32.2. The van der Waals surface area contributed by atoms with Gasteiger partial charge in [-0.1, -0.05) is 68.1 Å². The lowest BCUT2D eigenvalue weighted by atomic mass is 10.2. The smallest absolute Gasteiger partial charge is 0.243 e. The molecule has 0 aliphatic rings. The number of hydrogen-bond donors (Lipinski definition) is 1. The monoisotopic (exact) mass is 484 g/mol. The third kappa shape index (κ3) is 4.80. The number of nitrogens with zero attached hydrogens (tertiary/aromatic N) is 5. The molecule has 0 aliphatic heterocycles. The Bertz CT molecular complexity index is 1330. The Morgan fingerprint density at radius 3 is 2.48 bits per heavy atom. The van der Waals surface area contributed by atoms with Crippen LogP contribution in [0.15, 0.2) is 75.3 Å². The third-order valence-electron chi connectivity index (χ3n) is 5.04. The van der Waals surface area contributed by atoms with Crippen molar-refractivity contribution in [2.45, 2.75) is 29.7 Å². The summed E-state index contributed by atoms with van der Waals surface area (Å²) < 4.78 is 34.3. The second kappa shape index (κ2) is 9.77. The van der Waals surface area contributed by atoms with Gasteiger partial charge in [0.1, 0.15) is 0 Å². The summed E-state index contributed by atoms with van der Waals surface area (Å²) in [5, 5.41) is 8.78. The molecular weight excluding hydrogens is 460 g/mol. The van der Waals surface area contributed by atoms with Crippen LogP contribution in [0.5, 0.6) is 0 Å². The van der Waals surface area contributed by atoms with Gasteiger partial charge in [0.15, 0.2) is 11.6 Å². The van der Waals surface area contributed by atoms with Crippen LogP contribution in [-0.4, -0.2) is 45.7 Å². The topological polar surface area (TPSA) is 120 Å². The van der Waals surface area contributed by atoms with Crippen molar-refractivity contribution < 1.29 is 12.8 Å². The first-order chi connectivity index (χ1) is 15.9. The van der Waals surface area contributed by atoms with Gasteiger partial charge in [0, 0.05) is 24.2 Å². The van der Waals surface area contributed by atoms with Gasteiger partial charge in [-0.05, 0) is 12.1 Å². The summed E-state index contributed by atoms with van der Waals surface area (Å²) in [4.78, 5) is 4.51. The van der Waals surface area contributed by atoms with E-state index in [4.69, 9.17) is 10.3 Å². The van der Waals surface area contributed by atoms with Gasteiger partial charge < -0.3 is 10.3 Å². The van der Waals surface area contributed by atoms with Crippen LogP contribution in [-0.2, 0) is 15.8 Å². The van der Waals surface area contributed by atoms with Crippen LogP contribution in [0.1, 0.15) is 19.7 Å². The summed E-state index contributed by atoms with van der Waals surface area (Å²) in [6.07, 6.45) is 1.69. The van der Waals surface area contributed by atoms with E-state index in [9.17, 15) is 8.42 Å². The summed E-state index contributed by atoms with van der Waals surface area (Å²) in [7, 11) is -3.60. The van der Waals surface area contributed by atoms with Crippen molar-refractivity contribution in [2.75, 3.05) is 18.9 Å². The van der Waals surface area contributed by atoms with Gasteiger partial charge in [-0.25, -0.2) is 18.1 Å². The second-order valence-corrected chi connectivity index (χ2v) is 9.95. The number of nitrogen functional groups attached to an aromatic ring is 1. The number of sulfonamides is 1. The van der Waals surface area contributed by atoms with Crippen LogP contribution < -0.4 is 5.84 Å². The predicted octanol–water partition coefficient (Wildman–Crippen LogP) is 3.64. The molecule has 0 saturated carbocycles. The number of aromatic nitrogens is 4. The van der Waals surface area contributed by atoms with Gasteiger partial charge in [-0.15, -0.1) is 10.2 Å². The van der Waals surface area contributed by atoms with Gasteiger partial charge in [0.2, 0.25) is 21.1 Å². The second-order valence-electron chi connectivity index (χ2n) is 7.07. The molecule has 0 radical (unpaired) electrons. The Kier molecular flexibility index (Phi) is 6.82. The fraction of sp³-hybridized carbons (Fsp3) is 0.227. The van der Waals surface area contributed by atoms with Crippen LogP contribution in [0.25, 0.3) is 22.7 Å². The number of thioether (sulfide) groups is 1. The number of hydrogen-bond acceptors (Lipinski definition) is 8. The lowest BCUT2D eigenvalue weighted by Crippen LogP contribution is -2.30. The van der Waals surface area contributed by atoms with Gasteiger partial charge in [-0.2, -0.15) is 4.31 Å². The first-order valence-electron chi connectivity index (χ1n) is 10.4. The van der Waals surface area contributed by atoms with E-state index in [2.05, 4.69) is 15.2 Å². The normalized spacial score (nSPS) is 11.8. The van der Waals surface area contributed by atoms with Crippen molar-refractivity contribution in [2.24, 2.45) is 0 Å². The zero-order valence-corrected chi connectivity index (χ0v) is 19.9. The summed E-state index contributed by atoms with van der Waals surface area (Å²) in [6.45, 7) is 4.40. The van der Waals surface area contributed by atoms with Crippen LogP contribution in [0, 0.1) is 0 Å². The summed E-state index contributed by atoms with van der Waals surface area (Å²) in [6, 6.07) is 16.3. The molecule has 4 rings (SSSR count). The molecule has 2 heterocycles. The summed E-state index contributed by atoms with van der Waals surface area (Å²) >= 11 is 1.33. The zero-order chi connectivity index (χ0) is 23.4. The predicted molar refractivity (Wildman–Crippen MR) is 127 cm³/mol. The van der Waals surface area contributed by atoms with Crippen molar-refractivity contribution in [1.82, 2.24) is 24.2 Å².